The Hall–Kier alpha value is -2.24. The lowest BCUT2D eigenvalue weighted by molar-refractivity contribution is -0.140. The number of nitrogen functional groups attached to an aromatic ring is 1. The summed E-state index contributed by atoms with van der Waals surface area (Å²) in [5, 5.41) is 2.60. The third-order valence-corrected chi connectivity index (χ3v) is 2.33. The van der Waals surface area contributed by atoms with Crippen LogP contribution in [0.1, 0.15) is 12.8 Å². The molecule has 0 aliphatic heterocycles. The van der Waals surface area contributed by atoms with Crippen molar-refractivity contribution in [1.82, 2.24) is 5.32 Å². The van der Waals surface area contributed by atoms with Crippen molar-refractivity contribution in [3.05, 3.63) is 24.3 Å². The van der Waals surface area contributed by atoms with Gasteiger partial charge in [0.25, 0.3) is 0 Å². The summed E-state index contributed by atoms with van der Waals surface area (Å²) in [4.78, 5) is 22.2. The van der Waals surface area contributed by atoms with E-state index in [1.807, 2.05) is 0 Å². The average Bonchev–Trinajstić information content (AvgIpc) is 2.38. The van der Waals surface area contributed by atoms with Crippen LogP contribution in [0.2, 0.25) is 0 Å². The maximum Gasteiger partial charge on any atom is 0.307 e. The highest BCUT2D eigenvalue weighted by atomic mass is 16.5. The molecule has 1 aromatic rings. The number of carbonyl (C=O) groups is 2. The molecule has 1 aromatic carbocycles. The summed E-state index contributed by atoms with van der Waals surface area (Å²) in [6, 6.07) is 6.99. The largest absolute Gasteiger partial charge is 0.493 e. The summed E-state index contributed by atoms with van der Waals surface area (Å²) in [7, 11) is 1.31. The second-order valence-corrected chi connectivity index (χ2v) is 3.85. The Bertz CT molecular complexity index is 434. The molecule has 0 atom stereocenters. The Labute approximate surface area is 111 Å². The van der Waals surface area contributed by atoms with Gasteiger partial charge in [0.05, 0.1) is 26.6 Å². The van der Waals surface area contributed by atoms with E-state index in [0.717, 1.165) is 0 Å². The number of nitrogens with one attached hydrogen (secondary N) is 1. The zero-order valence-electron chi connectivity index (χ0n) is 10.8. The predicted molar refractivity (Wildman–Crippen MR) is 70.6 cm³/mol. The molecule has 1 amide bonds. The molecule has 3 N–H and O–H groups in total. The van der Waals surface area contributed by atoms with Crippen LogP contribution < -0.4 is 15.8 Å². The summed E-state index contributed by atoms with van der Waals surface area (Å²) in [6.07, 6.45) is 0.383. The van der Waals surface area contributed by atoms with E-state index in [2.05, 4.69) is 10.1 Å². The normalized spacial score (nSPS) is 9.74. The van der Waals surface area contributed by atoms with E-state index >= 15 is 0 Å². The van der Waals surface area contributed by atoms with Crippen molar-refractivity contribution >= 4 is 17.6 Å². The summed E-state index contributed by atoms with van der Waals surface area (Å²) in [5.74, 6) is 0.103. The molecule has 0 bridgehead atoms. The Kier molecular flexibility index (Phi) is 6.21. The first-order valence-electron chi connectivity index (χ1n) is 5.93. The zero-order chi connectivity index (χ0) is 14.1. The van der Waals surface area contributed by atoms with E-state index in [1.54, 1.807) is 24.3 Å². The molecule has 6 heteroatoms. The quantitative estimate of drug-likeness (QED) is 0.560. The minimum absolute atomic E-state index is 0.165. The van der Waals surface area contributed by atoms with E-state index in [0.29, 0.717) is 11.4 Å². The number of methoxy groups -OCH3 is 1. The first-order valence-corrected chi connectivity index (χ1v) is 5.93. The van der Waals surface area contributed by atoms with Gasteiger partial charge in [-0.25, -0.2) is 0 Å². The monoisotopic (exact) mass is 266 g/mol. The van der Waals surface area contributed by atoms with Gasteiger partial charge in [0, 0.05) is 18.3 Å². The molecule has 0 saturated carbocycles. The predicted octanol–water partition coefficient (Wildman–Crippen LogP) is 0.717. The molecule has 0 aliphatic rings. The molecular formula is C13H18N2O4. The van der Waals surface area contributed by atoms with Gasteiger partial charge in [-0.2, -0.15) is 0 Å². The van der Waals surface area contributed by atoms with Crippen molar-refractivity contribution in [2.75, 3.05) is 26.0 Å². The third kappa shape index (κ3) is 6.30. The summed E-state index contributed by atoms with van der Waals surface area (Å²) in [5.41, 5.74) is 6.21. The lowest BCUT2D eigenvalue weighted by atomic mass is 10.3. The molecule has 0 fully saturated rings. The third-order valence-electron chi connectivity index (χ3n) is 2.33. The van der Waals surface area contributed by atoms with Crippen LogP contribution in [-0.4, -0.2) is 32.1 Å². The highest BCUT2D eigenvalue weighted by Gasteiger charge is 2.04. The first kappa shape index (κ1) is 14.8. The fraction of sp³-hybridized carbons (Fsp3) is 0.385. The van der Waals surface area contributed by atoms with Gasteiger partial charge in [-0.05, 0) is 12.1 Å². The van der Waals surface area contributed by atoms with Crippen LogP contribution in [0.4, 0.5) is 5.69 Å². The van der Waals surface area contributed by atoms with Gasteiger partial charge in [-0.1, -0.05) is 6.07 Å². The van der Waals surface area contributed by atoms with Crippen molar-refractivity contribution in [2.45, 2.75) is 12.8 Å². The molecule has 6 nitrogen and oxygen atoms in total. The molecule has 1 rings (SSSR count). The number of ether oxygens (including phenoxy) is 2. The maximum atomic E-state index is 11.4. The van der Waals surface area contributed by atoms with Crippen LogP contribution >= 0.6 is 0 Å². The van der Waals surface area contributed by atoms with Gasteiger partial charge >= 0.3 is 5.97 Å². The van der Waals surface area contributed by atoms with Gasteiger partial charge in [-0.3, -0.25) is 9.59 Å². The average molecular weight is 266 g/mol. The fourth-order valence-electron chi connectivity index (χ4n) is 1.36. The van der Waals surface area contributed by atoms with Crippen molar-refractivity contribution in [2.24, 2.45) is 0 Å². The topological polar surface area (TPSA) is 90.6 Å². The van der Waals surface area contributed by atoms with E-state index in [9.17, 15) is 9.59 Å². The van der Waals surface area contributed by atoms with Crippen LogP contribution in [0.25, 0.3) is 0 Å². The molecular weight excluding hydrogens is 248 g/mol. The van der Waals surface area contributed by atoms with Gasteiger partial charge in [0.2, 0.25) is 5.91 Å². The van der Waals surface area contributed by atoms with Gasteiger partial charge in [-0.15, -0.1) is 0 Å². The van der Waals surface area contributed by atoms with Crippen LogP contribution in [0.5, 0.6) is 5.75 Å². The lowest BCUT2D eigenvalue weighted by Crippen LogP contribution is -2.27. The van der Waals surface area contributed by atoms with Crippen molar-refractivity contribution < 1.29 is 19.1 Å². The van der Waals surface area contributed by atoms with E-state index in [4.69, 9.17) is 10.5 Å². The Morgan fingerprint density at radius 1 is 1.32 bits per heavy atom. The molecule has 0 aromatic heterocycles. The molecule has 0 heterocycles. The number of amides is 1. The number of hydrogen-bond acceptors (Lipinski definition) is 5. The van der Waals surface area contributed by atoms with Gasteiger partial charge in [0.1, 0.15) is 5.75 Å². The van der Waals surface area contributed by atoms with Crippen molar-refractivity contribution in [1.29, 1.82) is 0 Å². The first-order chi connectivity index (χ1) is 9.11. The number of benzene rings is 1. The standard InChI is InChI=1S/C13H18N2O4/c1-18-13(17)5-7-15-12(16)6-8-19-11-4-2-3-10(14)9-11/h2-4,9H,5-8,14H2,1H3,(H,15,16). The maximum absolute atomic E-state index is 11.4. The summed E-state index contributed by atoms with van der Waals surface area (Å²) in [6.45, 7) is 0.525. The molecule has 0 radical (unpaired) electrons. The fourth-order valence-corrected chi connectivity index (χ4v) is 1.36. The van der Waals surface area contributed by atoms with Crippen LogP contribution in [0.3, 0.4) is 0 Å². The van der Waals surface area contributed by atoms with Crippen molar-refractivity contribution in [3.8, 4) is 5.75 Å². The number of hydrogen-bond donors (Lipinski definition) is 2. The summed E-state index contributed by atoms with van der Waals surface area (Å²) < 4.78 is 9.83. The molecule has 0 aliphatic carbocycles. The number of carbonyl (C=O) groups excluding carboxylic acids is 2. The molecule has 0 spiro atoms. The second kappa shape index (κ2) is 7.97. The van der Waals surface area contributed by atoms with Gasteiger partial charge in [0.15, 0.2) is 0 Å². The van der Waals surface area contributed by atoms with Crippen LogP contribution in [0, 0.1) is 0 Å². The van der Waals surface area contributed by atoms with Crippen molar-refractivity contribution in [3.63, 3.8) is 0 Å². The minimum atomic E-state index is -0.351. The van der Waals surface area contributed by atoms with Gasteiger partial charge < -0.3 is 20.5 Å². The smallest absolute Gasteiger partial charge is 0.307 e. The SMILES string of the molecule is COC(=O)CCNC(=O)CCOc1cccc(N)c1. The lowest BCUT2D eigenvalue weighted by Gasteiger charge is -2.07. The number of anilines is 1. The van der Waals surface area contributed by atoms with E-state index in [1.165, 1.54) is 7.11 Å². The molecule has 19 heavy (non-hydrogen) atoms. The van der Waals surface area contributed by atoms with E-state index in [-0.39, 0.29) is 37.9 Å². The van der Waals surface area contributed by atoms with Crippen LogP contribution in [0.15, 0.2) is 24.3 Å². The van der Waals surface area contributed by atoms with Crippen LogP contribution in [-0.2, 0) is 14.3 Å². The Morgan fingerprint density at radius 3 is 2.79 bits per heavy atom. The highest BCUT2D eigenvalue weighted by molar-refractivity contribution is 5.77. The van der Waals surface area contributed by atoms with E-state index < -0.39 is 0 Å². The Balaban J connectivity index is 2.15. The second-order valence-electron chi connectivity index (χ2n) is 3.85. The molecule has 0 saturated heterocycles. The zero-order valence-corrected chi connectivity index (χ0v) is 10.8. The number of esters is 1. The number of rotatable bonds is 7. The highest BCUT2D eigenvalue weighted by Crippen LogP contribution is 2.14. The number of nitrogens with two attached hydrogens (primary N) is 1. The summed E-state index contributed by atoms with van der Waals surface area (Å²) >= 11 is 0. The Morgan fingerprint density at radius 2 is 2.11 bits per heavy atom. The molecule has 0 unspecified atom stereocenters. The molecule has 104 valence electrons. The minimum Gasteiger partial charge on any atom is -0.493 e.